The molecule has 2 fully saturated rings. The summed E-state index contributed by atoms with van der Waals surface area (Å²) >= 11 is 18.3. The molecule has 3 aromatic rings. The van der Waals surface area contributed by atoms with E-state index in [9.17, 15) is 27.9 Å². The van der Waals surface area contributed by atoms with E-state index in [-0.39, 0.29) is 35.0 Å². The molecule has 0 radical (unpaired) electrons. The molecule has 2 aliphatic heterocycles. The van der Waals surface area contributed by atoms with Gasteiger partial charge in [0.05, 0.1) is 17.1 Å². The van der Waals surface area contributed by atoms with Gasteiger partial charge < -0.3 is 20.2 Å². The van der Waals surface area contributed by atoms with Gasteiger partial charge >= 0.3 is 6.18 Å². The van der Waals surface area contributed by atoms with Gasteiger partial charge in [0.1, 0.15) is 12.7 Å². The van der Waals surface area contributed by atoms with Gasteiger partial charge in [0.2, 0.25) is 0 Å². The highest BCUT2D eigenvalue weighted by Gasteiger charge is 2.62. The Morgan fingerprint density at radius 3 is 2.13 bits per heavy atom. The molecule has 248 valence electrons. The van der Waals surface area contributed by atoms with E-state index >= 15 is 0 Å². The van der Waals surface area contributed by atoms with Gasteiger partial charge in [-0.05, 0) is 80.3 Å². The van der Waals surface area contributed by atoms with Crippen LogP contribution in [-0.2, 0) is 16.9 Å². The van der Waals surface area contributed by atoms with E-state index in [4.69, 9.17) is 34.8 Å². The first-order valence-electron chi connectivity index (χ1n) is 15.1. The number of amides is 2. The number of hydrogen-bond acceptors (Lipinski definition) is 6. The topological polar surface area (TPSA) is 104 Å². The Hall–Kier alpha value is -3.06. The van der Waals surface area contributed by atoms with Crippen LogP contribution < -0.4 is 10.2 Å². The van der Waals surface area contributed by atoms with E-state index in [0.29, 0.717) is 42.4 Å². The van der Waals surface area contributed by atoms with E-state index in [2.05, 4.69) is 20.3 Å². The Balaban J connectivity index is 1.10. The second-order valence-corrected chi connectivity index (χ2v) is 13.1. The van der Waals surface area contributed by atoms with Gasteiger partial charge in [0.25, 0.3) is 17.4 Å². The average Bonchev–Trinajstić information content (AvgIpc) is 3.53. The van der Waals surface area contributed by atoms with Crippen molar-refractivity contribution in [2.24, 2.45) is 11.8 Å². The largest absolute Gasteiger partial charge is 0.430 e. The van der Waals surface area contributed by atoms with Crippen molar-refractivity contribution >= 4 is 52.3 Å². The molecular weight excluding hydrogens is 668 g/mol. The normalized spacial score (nSPS) is 18.0. The summed E-state index contributed by atoms with van der Waals surface area (Å²) in [5.74, 6) is -0.981. The third-order valence-electron chi connectivity index (χ3n) is 8.84. The van der Waals surface area contributed by atoms with E-state index < -0.39 is 23.2 Å². The van der Waals surface area contributed by atoms with E-state index in [1.165, 1.54) is 12.4 Å². The van der Waals surface area contributed by atoms with Gasteiger partial charge in [-0.15, -0.1) is 0 Å². The van der Waals surface area contributed by atoms with Gasteiger partial charge in [-0.25, -0.2) is 4.98 Å². The number of benzene rings is 2. The monoisotopic (exact) mass is 700 g/mol. The summed E-state index contributed by atoms with van der Waals surface area (Å²) in [5, 5.41) is 17.8. The molecule has 0 aliphatic carbocycles. The summed E-state index contributed by atoms with van der Waals surface area (Å²) in [6, 6.07) is 8.50. The van der Waals surface area contributed by atoms with Crippen LogP contribution in [-0.4, -0.2) is 75.5 Å². The summed E-state index contributed by atoms with van der Waals surface area (Å²) in [6.07, 6.45) is 1.63. The van der Waals surface area contributed by atoms with Crippen LogP contribution in [0, 0.1) is 11.8 Å². The molecular formula is C31H34Cl3F3N6O3. The Kier molecular flexibility index (Phi) is 10.7. The number of nitrogens with zero attached hydrogens (tertiary/aromatic N) is 5. The van der Waals surface area contributed by atoms with Crippen LogP contribution in [0.1, 0.15) is 48.0 Å². The summed E-state index contributed by atoms with van der Waals surface area (Å²) < 4.78 is 44.1. The van der Waals surface area contributed by atoms with Gasteiger partial charge in [0.15, 0.2) is 0 Å². The van der Waals surface area contributed by atoms with Gasteiger partial charge in [-0.1, -0.05) is 34.8 Å². The number of halogens is 6. The van der Waals surface area contributed by atoms with Crippen LogP contribution >= 0.6 is 34.8 Å². The Bertz CT molecular complexity index is 1510. The maximum atomic E-state index is 14.1. The van der Waals surface area contributed by atoms with Crippen molar-refractivity contribution in [2.45, 2.75) is 50.4 Å². The summed E-state index contributed by atoms with van der Waals surface area (Å²) in [4.78, 5) is 33.0. The Morgan fingerprint density at radius 2 is 1.57 bits per heavy atom. The number of nitrogens with one attached hydrogen (secondary N) is 1. The second-order valence-electron chi connectivity index (χ2n) is 11.8. The molecule has 15 heteroatoms. The first-order chi connectivity index (χ1) is 21.8. The summed E-state index contributed by atoms with van der Waals surface area (Å²) in [5.41, 5.74) is -3.11. The quantitative estimate of drug-likeness (QED) is 0.286. The second kappa shape index (κ2) is 14.4. The lowest BCUT2D eigenvalue weighted by atomic mass is 9.82. The van der Waals surface area contributed by atoms with Crippen molar-refractivity contribution in [3.05, 3.63) is 75.2 Å². The molecule has 0 bridgehead atoms. The minimum absolute atomic E-state index is 0.110. The van der Waals surface area contributed by atoms with Crippen molar-refractivity contribution in [1.82, 2.24) is 25.0 Å². The average molecular weight is 702 g/mol. The zero-order valence-corrected chi connectivity index (χ0v) is 27.1. The molecule has 0 spiro atoms. The molecule has 0 saturated carbocycles. The number of alkyl halides is 3. The van der Waals surface area contributed by atoms with E-state index in [1.54, 1.807) is 23.1 Å². The molecule has 1 atom stereocenters. The molecule has 1 aromatic heterocycles. The van der Waals surface area contributed by atoms with Gasteiger partial charge in [-0.3, -0.25) is 14.3 Å². The number of carbonyl (C=O) groups is 2. The smallest absolute Gasteiger partial charge is 0.371 e. The van der Waals surface area contributed by atoms with Crippen LogP contribution in [0.25, 0.3) is 0 Å². The summed E-state index contributed by atoms with van der Waals surface area (Å²) in [6.45, 7) is 2.74. The number of aromatic nitrogens is 3. The molecule has 2 saturated heterocycles. The van der Waals surface area contributed by atoms with Crippen molar-refractivity contribution in [2.75, 3.05) is 37.6 Å². The van der Waals surface area contributed by atoms with E-state index in [0.717, 1.165) is 55.1 Å². The van der Waals surface area contributed by atoms with Crippen LogP contribution in [0.5, 0.6) is 0 Å². The maximum absolute atomic E-state index is 14.1. The van der Waals surface area contributed by atoms with Crippen LogP contribution in [0.2, 0.25) is 15.1 Å². The van der Waals surface area contributed by atoms with Crippen LogP contribution in [0.4, 0.5) is 18.9 Å². The highest BCUT2D eigenvalue weighted by molar-refractivity contribution is 6.35. The van der Waals surface area contributed by atoms with Crippen molar-refractivity contribution in [3.63, 3.8) is 0 Å². The molecule has 46 heavy (non-hydrogen) atoms. The first kappa shape index (κ1) is 34.3. The van der Waals surface area contributed by atoms with Crippen LogP contribution in [0.15, 0.2) is 49.1 Å². The molecule has 3 heterocycles. The Morgan fingerprint density at radius 1 is 0.935 bits per heavy atom. The highest BCUT2D eigenvalue weighted by atomic mass is 35.5. The van der Waals surface area contributed by atoms with Crippen molar-refractivity contribution in [1.29, 1.82) is 0 Å². The number of hydrogen-bond donors (Lipinski definition) is 2. The van der Waals surface area contributed by atoms with Gasteiger partial charge in [-0.2, -0.15) is 18.3 Å². The fourth-order valence-corrected chi connectivity index (χ4v) is 7.07. The lowest BCUT2D eigenvalue weighted by Gasteiger charge is -2.40. The third-order valence-corrected chi connectivity index (χ3v) is 9.59. The first-order valence-corrected chi connectivity index (χ1v) is 16.2. The van der Waals surface area contributed by atoms with Crippen molar-refractivity contribution in [3.8, 4) is 0 Å². The number of anilines is 1. The predicted molar refractivity (Wildman–Crippen MR) is 169 cm³/mol. The third kappa shape index (κ3) is 7.73. The number of likely N-dealkylation sites (tertiary alicyclic amines) is 1. The zero-order chi connectivity index (χ0) is 33.1. The predicted octanol–water partition coefficient (Wildman–Crippen LogP) is 5.96. The number of carbonyl (C=O) groups excluding carboxylic acids is 2. The molecule has 2 N–H and O–H groups in total. The zero-order valence-electron chi connectivity index (χ0n) is 24.8. The molecule has 2 aromatic carbocycles. The van der Waals surface area contributed by atoms with Crippen molar-refractivity contribution < 1.29 is 27.9 Å². The fourth-order valence-electron chi connectivity index (χ4n) is 6.28. The standard InChI is InChI=1S/C31H34Cl3F3N6O3/c32-23-14-22(15-24(33)16-23)30(46,31(35,36)37)29(45)42-10-5-21(6-11-42)13-20-3-8-41(9-4-20)25-1-2-26(27(34)17-25)28(44)39-7-12-43-19-38-18-40-43/h1-2,14-21,46H,3-13H2,(H,39,44). The fraction of sp³-hybridized carbons (Fsp3) is 0.484. The molecule has 9 nitrogen and oxygen atoms in total. The minimum Gasteiger partial charge on any atom is -0.371 e. The van der Waals surface area contributed by atoms with E-state index in [1.807, 2.05) is 6.07 Å². The summed E-state index contributed by atoms with van der Waals surface area (Å²) in [7, 11) is 0. The SMILES string of the molecule is O=C(NCCn1cncn1)c1ccc(N2CCC(CC3CCN(C(=O)C(O)(c4cc(Cl)cc(Cl)c4)C(F)(F)F)CC3)CC2)cc1Cl. The molecule has 1 unspecified atom stereocenters. The number of aliphatic hydroxyl groups is 1. The lowest BCUT2D eigenvalue weighted by Crippen LogP contribution is -2.57. The molecule has 2 aliphatic rings. The van der Waals surface area contributed by atoms with Gasteiger partial charge in [0, 0.05) is 54.0 Å². The number of rotatable bonds is 9. The van der Waals surface area contributed by atoms with Crippen LogP contribution in [0.3, 0.4) is 0 Å². The maximum Gasteiger partial charge on any atom is 0.430 e. The molecule has 2 amide bonds. The Labute approximate surface area is 279 Å². The lowest BCUT2D eigenvalue weighted by molar-refractivity contribution is -0.262. The molecule has 5 rings (SSSR count). The highest BCUT2D eigenvalue weighted by Crippen LogP contribution is 2.43. The number of piperidine rings is 2. The minimum atomic E-state index is -5.26.